The average Bonchev–Trinajstić information content (AvgIpc) is 3.75. The van der Waals surface area contributed by atoms with Gasteiger partial charge in [0.25, 0.3) is 5.91 Å². The van der Waals surface area contributed by atoms with Crippen LogP contribution in [0, 0.1) is 17.3 Å². The number of fused-ring (bicyclic) bond motifs is 6. The lowest BCUT2D eigenvalue weighted by molar-refractivity contribution is -0.126. The quantitative estimate of drug-likeness (QED) is 0.0804. The molecule has 0 spiro atoms. The molecule has 13 nitrogen and oxygen atoms in total. The number of phenols is 1. The number of aliphatic hydroxyl groups excluding tert-OH is 1. The van der Waals surface area contributed by atoms with Gasteiger partial charge in [0, 0.05) is 36.1 Å². The van der Waals surface area contributed by atoms with Crippen molar-refractivity contribution in [1.29, 1.82) is 0 Å². The molecule has 4 amide bonds. The van der Waals surface area contributed by atoms with Gasteiger partial charge in [-0.1, -0.05) is 24.6 Å². The van der Waals surface area contributed by atoms with Gasteiger partial charge in [-0.3, -0.25) is 9.59 Å². The van der Waals surface area contributed by atoms with Gasteiger partial charge in [0.2, 0.25) is 5.91 Å². The Bertz CT molecular complexity index is 1400. The van der Waals surface area contributed by atoms with Crippen molar-refractivity contribution < 1.29 is 38.9 Å². The second-order valence-corrected chi connectivity index (χ2v) is 15.9. The van der Waals surface area contributed by atoms with Crippen molar-refractivity contribution in [2.24, 2.45) is 22.4 Å². The molecule has 5 aliphatic rings. The summed E-state index contributed by atoms with van der Waals surface area (Å²) in [6.07, 6.45) is 7.49. The molecule has 2 saturated heterocycles. The van der Waals surface area contributed by atoms with Crippen LogP contribution >= 0.6 is 11.8 Å². The molecule has 6 rings (SSSR count). The Morgan fingerprint density at radius 3 is 2.62 bits per heavy atom. The number of aromatic hydroxyl groups is 1. The van der Waals surface area contributed by atoms with Crippen molar-refractivity contribution in [3.8, 4) is 5.75 Å². The molecule has 2 saturated carbocycles. The van der Waals surface area contributed by atoms with E-state index >= 15 is 0 Å². The van der Waals surface area contributed by atoms with Gasteiger partial charge in [-0.25, -0.2) is 4.79 Å². The number of ether oxygens (including phenoxy) is 2. The van der Waals surface area contributed by atoms with E-state index in [9.17, 15) is 24.6 Å². The Labute approximate surface area is 298 Å². The lowest BCUT2D eigenvalue weighted by atomic mass is 9.55. The molecule has 1 aromatic carbocycles. The summed E-state index contributed by atoms with van der Waals surface area (Å²) in [4.78, 5) is 41.5. The topological polar surface area (TPSA) is 180 Å². The van der Waals surface area contributed by atoms with E-state index in [1.807, 2.05) is 17.8 Å². The maximum atomic E-state index is 12.4. The Balaban J connectivity index is 0.794. The highest BCUT2D eigenvalue weighted by molar-refractivity contribution is 8.00. The van der Waals surface area contributed by atoms with Gasteiger partial charge in [-0.2, -0.15) is 11.8 Å². The predicted molar refractivity (Wildman–Crippen MR) is 189 cm³/mol. The molecule has 6 N–H and O–H groups in total. The Morgan fingerprint density at radius 1 is 1.04 bits per heavy atom. The molecule has 2 aliphatic heterocycles. The number of hydrogen-bond acceptors (Lipinski definition) is 10. The first-order valence-corrected chi connectivity index (χ1v) is 19.4. The van der Waals surface area contributed by atoms with Crippen LogP contribution in [0.1, 0.15) is 81.8 Å². The highest BCUT2D eigenvalue weighted by atomic mass is 32.2. The third kappa shape index (κ3) is 8.68. The number of nitrogens with zero attached hydrogens (tertiary/aromatic N) is 1. The number of amides is 4. The van der Waals surface area contributed by atoms with Crippen LogP contribution in [0.3, 0.4) is 0 Å². The Hall–Kier alpha value is -3.07. The third-order valence-electron chi connectivity index (χ3n) is 11.5. The van der Waals surface area contributed by atoms with E-state index in [1.54, 1.807) is 12.1 Å². The van der Waals surface area contributed by atoms with E-state index in [-0.39, 0.29) is 53.8 Å². The lowest BCUT2D eigenvalue weighted by Crippen LogP contribution is -2.45. The van der Waals surface area contributed by atoms with Crippen molar-refractivity contribution in [1.82, 2.24) is 21.3 Å². The number of oxime groups is 1. The summed E-state index contributed by atoms with van der Waals surface area (Å²) in [5.41, 5.74) is 2.71. The van der Waals surface area contributed by atoms with Gasteiger partial charge >= 0.3 is 6.03 Å². The molecule has 2 heterocycles. The normalized spacial score (nSPS) is 31.6. The van der Waals surface area contributed by atoms with Crippen LogP contribution in [0.25, 0.3) is 0 Å². The molecule has 276 valence electrons. The first-order chi connectivity index (χ1) is 24.2. The zero-order valence-corrected chi connectivity index (χ0v) is 29.8. The van der Waals surface area contributed by atoms with Crippen molar-refractivity contribution in [3.63, 3.8) is 0 Å². The monoisotopic (exact) mass is 715 g/mol. The third-order valence-corrected chi connectivity index (χ3v) is 13.0. The van der Waals surface area contributed by atoms with E-state index < -0.39 is 0 Å². The van der Waals surface area contributed by atoms with Crippen molar-refractivity contribution >= 4 is 35.3 Å². The number of benzene rings is 1. The average molecular weight is 716 g/mol. The molecular formula is C36H53N5O8S. The zero-order chi connectivity index (χ0) is 35.1. The number of urea groups is 1. The van der Waals surface area contributed by atoms with Crippen LogP contribution in [0.5, 0.6) is 5.75 Å². The fraction of sp³-hybridized carbons (Fsp3) is 0.722. The van der Waals surface area contributed by atoms with E-state index in [1.165, 1.54) is 5.56 Å². The minimum atomic E-state index is -0.301. The zero-order valence-electron chi connectivity index (χ0n) is 29.0. The minimum Gasteiger partial charge on any atom is -0.508 e. The van der Waals surface area contributed by atoms with Crippen molar-refractivity contribution in [3.05, 3.63) is 29.3 Å². The number of carbonyl (C=O) groups excluding carboxylic acids is 3. The first-order valence-electron chi connectivity index (χ1n) is 18.3. The van der Waals surface area contributed by atoms with Crippen LogP contribution in [-0.4, -0.2) is 109 Å². The summed E-state index contributed by atoms with van der Waals surface area (Å²) < 4.78 is 11.1. The molecule has 50 heavy (non-hydrogen) atoms. The molecule has 8 atom stereocenters. The Morgan fingerprint density at radius 2 is 1.82 bits per heavy atom. The fourth-order valence-electron chi connectivity index (χ4n) is 8.90. The van der Waals surface area contributed by atoms with E-state index in [4.69, 9.17) is 14.3 Å². The number of carbonyl (C=O) groups is 3. The fourth-order valence-corrected chi connectivity index (χ4v) is 10.4. The maximum absolute atomic E-state index is 12.4. The highest BCUT2D eigenvalue weighted by Crippen LogP contribution is 2.61. The molecular weight excluding hydrogens is 662 g/mol. The molecule has 14 heteroatoms. The number of aliphatic hydroxyl groups is 1. The molecule has 0 unspecified atom stereocenters. The Kier molecular flexibility index (Phi) is 12.5. The second-order valence-electron chi connectivity index (χ2n) is 14.6. The predicted octanol–water partition coefficient (Wildman–Crippen LogP) is 2.78. The van der Waals surface area contributed by atoms with Crippen molar-refractivity contribution in [2.75, 3.05) is 51.9 Å². The standard InChI is InChI=1S/C36H53N5O8S/c1-36-11-10-24-23-7-6-22(42)18-26(23)28(19-25(24)27(36)8-9-31(36)43)41-49-20-33(45)38-13-15-48-17-16-47-14-12-37-32(44)5-3-2-4-30-34-29(21-50-30)39-35(46)40-34/h6-7,18,24-25,27,29-31,34,42-43H,2-5,8-17,19-21H2,1H3,(H,37,44)(H,38,45)(H2,39,40,46)/b41-28+/t24-,25-,27+,29+,30+,31+,34+,36+/m1/s1. The van der Waals surface area contributed by atoms with Gasteiger partial charge in [0.05, 0.1) is 50.3 Å². The van der Waals surface area contributed by atoms with Crippen molar-refractivity contribution in [2.45, 2.75) is 94.1 Å². The summed E-state index contributed by atoms with van der Waals surface area (Å²) in [7, 11) is 0. The summed E-state index contributed by atoms with van der Waals surface area (Å²) >= 11 is 1.89. The number of nitrogens with one attached hydrogen (secondary N) is 4. The first kappa shape index (κ1) is 36.7. The number of phenolic OH excluding ortho intramolecular Hbond substituents is 1. The molecule has 0 aromatic heterocycles. The number of unbranched alkanes of at least 4 members (excludes halogenated alkanes) is 1. The van der Waals surface area contributed by atoms with Crippen LogP contribution < -0.4 is 21.3 Å². The van der Waals surface area contributed by atoms with Gasteiger partial charge < -0.3 is 45.8 Å². The molecule has 0 bridgehead atoms. The van der Waals surface area contributed by atoms with Crippen LogP contribution in [0.4, 0.5) is 4.79 Å². The van der Waals surface area contributed by atoms with Gasteiger partial charge in [-0.15, -0.1) is 0 Å². The largest absolute Gasteiger partial charge is 0.508 e. The molecule has 1 aromatic rings. The second kappa shape index (κ2) is 17.0. The van der Waals surface area contributed by atoms with Gasteiger partial charge in [0.1, 0.15) is 5.75 Å². The maximum Gasteiger partial charge on any atom is 0.315 e. The van der Waals surface area contributed by atoms with Gasteiger partial charge in [0.15, 0.2) is 6.61 Å². The number of rotatable bonds is 17. The molecule has 4 fully saturated rings. The van der Waals surface area contributed by atoms with E-state index in [0.717, 1.165) is 62.0 Å². The smallest absolute Gasteiger partial charge is 0.315 e. The van der Waals surface area contributed by atoms with E-state index in [2.05, 4.69) is 33.3 Å². The minimum absolute atomic E-state index is 0.0156. The van der Waals surface area contributed by atoms with Gasteiger partial charge in [-0.05, 0) is 85.8 Å². The lowest BCUT2D eigenvalue weighted by Gasteiger charge is -2.50. The summed E-state index contributed by atoms with van der Waals surface area (Å²) in [5, 5.41) is 37.4. The summed E-state index contributed by atoms with van der Waals surface area (Å²) in [6.45, 7) is 4.24. The van der Waals surface area contributed by atoms with Crippen LogP contribution in [0.15, 0.2) is 23.4 Å². The highest BCUT2D eigenvalue weighted by Gasteiger charge is 2.55. The molecule has 0 radical (unpaired) electrons. The van der Waals surface area contributed by atoms with E-state index in [0.29, 0.717) is 75.4 Å². The molecule has 3 aliphatic carbocycles. The SMILES string of the molecule is C[C@]12CC[C@@H]3c4ccc(O)cc4/C(=N/OCC(=O)NCCOCCOCCNC(=O)CCCC[C@@H]4SC[C@@H]5NC(=O)N[C@@H]54)C[C@H]3[C@@H]1CC[C@@H]2O. The van der Waals surface area contributed by atoms with Crippen LogP contribution in [0.2, 0.25) is 0 Å². The number of hydrogen-bond donors (Lipinski definition) is 6. The number of thioether (sulfide) groups is 1. The summed E-state index contributed by atoms with van der Waals surface area (Å²) in [5.74, 6) is 1.94. The van der Waals surface area contributed by atoms with Crippen LogP contribution in [-0.2, 0) is 23.9 Å². The summed E-state index contributed by atoms with van der Waals surface area (Å²) in [6, 6.07) is 5.83.